The fourth-order valence-corrected chi connectivity index (χ4v) is 5.49. The molecular weight excluding hydrogens is 428 g/mol. The summed E-state index contributed by atoms with van der Waals surface area (Å²) >= 11 is 0. The summed E-state index contributed by atoms with van der Waals surface area (Å²) in [6.07, 6.45) is 3.71. The molecule has 4 fully saturated rings. The predicted octanol–water partition coefficient (Wildman–Crippen LogP) is 4.02. The maximum atomic E-state index is 13.1. The van der Waals surface area contributed by atoms with Crippen molar-refractivity contribution in [2.24, 2.45) is 5.41 Å². The van der Waals surface area contributed by atoms with E-state index in [2.05, 4.69) is 30.0 Å². The number of likely N-dealkylation sites (tertiary alicyclic amines) is 1. The second kappa shape index (κ2) is 8.90. The summed E-state index contributed by atoms with van der Waals surface area (Å²) in [5.74, 6) is 2.46. The molecule has 6 nitrogen and oxygen atoms in total. The van der Waals surface area contributed by atoms with E-state index in [1.165, 1.54) is 18.4 Å². The number of nitrogens with zero attached hydrogens (tertiary/aromatic N) is 2. The Morgan fingerprint density at radius 3 is 2.53 bits per heavy atom. The van der Waals surface area contributed by atoms with Crippen LogP contribution in [0.2, 0.25) is 0 Å². The van der Waals surface area contributed by atoms with Crippen LogP contribution < -0.4 is 14.4 Å². The van der Waals surface area contributed by atoms with E-state index in [-0.39, 0.29) is 5.91 Å². The second-order valence-corrected chi connectivity index (χ2v) is 10.4. The summed E-state index contributed by atoms with van der Waals surface area (Å²) in [6.45, 7) is 8.51. The number of hydrogen-bond donors (Lipinski definition) is 0. The van der Waals surface area contributed by atoms with E-state index in [1.54, 1.807) is 0 Å². The Kier molecular flexibility index (Phi) is 5.74. The zero-order valence-electron chi connectivity index (χ0n) is 20.0. The number of hydrogen-bond acceptors (Lipinski definition) is 5. The van der Waals surface area contributed by atoms with Crippen molar-refractivity contribution < 1.29 is 19.0 Å². The largest absolute Gasteiger partial charge is 0.492 e. The number of anilines is 1. The summed E-state index contributed by atoms with van der Waals surface area (Å²) < 4.78 is 17.5. The van der Waals surface area contributed by atoms with Crippen LogP contribution in [0.5, 0.6) is 11.5 Å². The molecule has 1 saturated carbocycles. The van der Waals surface area contributed by atoms with Gasteiger partial charge >= 0.3 is 0 Å². The number of rotatable bonds is 9. The van der Waals surface area contributed by atoms with Crippen LogP contribution >= 0.6 is 0 Å². The van der Waals surface area contributed by atoms with E-state index >= 15 is 0 Å². The molecule has 3 aliphatic heterocycles. The van der Waals surface area contributed by atoms with Crippen molar-refractivity contribution in [1.82, 2.24) is 4.90 Å². The van der Waals surface area contributed by atoms with E-state index in [0.29, 0.717) is 25.0 Å². The third-order valence-electron chi connectivity index (χ3n) is 7.70. The van der Waals surface area contributed by atoms with Crippen LogP contribution in [0.25, 0.3) is 0 Å². The molecule has 1 spiro atoms. The zero-order chi connectivity index (χ0) is 23.1. The van der Waals surface area contributed by atoms with Crippen molar-refractivity contribution in [3.63, 3.8) is 0 Å². The quantitative estimate of drug-likeness (QED) is 0.563. The van der Waals surface area contributed by atoms with Crippen LogP contribution in [0.3, 0.4) is 0 Å². The van der Waals surface area contributed by atoms with Crippen molar-refractivity contribution >= 4 is 11.6 Å². The number of benzene rings is 2. The van der Waals surface area contributed by atoms with Gasteiger partial charge in [0.1, 0.15) is 18.1 Å². The standard InChI is InChI=1S/C28H34N2O4/c1-2-20-15-23(7-10-25(20)33-14-13-29-16-28(17-29)18-32-19-28)30-12-11-26(27(30)31)34-24-8-5-22(6-9-24)21-3-4-21/h5-10,15,21,26H,2-4,11-14,16-19H2,1H3/t26-/m0/s1. The molecule has 1 aliphatic carbocycles. The van der Waals surface area contributed by atoms with Gasteiger partial charge in [-0.3, -0.25) is 9.69 Å². The Morgan fingerprint density at radius 1 is 1.06 bits per heavy atom. The first-order valence-corrected chi connectivity index (χ1v) is 12.8. The number of aryl methyl sites for hydroxylation is 1. The lowest BCUT2D eigenvalue weighted by molar-refractivity contribution is -0.189. The predicted molar refractivity (Wildman–Crippen MR) is 131 cm³/mol. The van der Waals surface area contributed by atoms with Gasteiger partial charge in [0.2, 0.25) is 0 Å². The van der Waals surface area contributed by atoms with Crippen LogP contribution in [-0.2, 0) is 16.0 Å². The van der Waals surface area contributed by atoms with Gasteiger partial charge in [-0.25, -0.2) is 0 Å². The van der Waals surface area contributed by atoms with Gasteiger partial charge in [-0.05, 0) is 66.6 Å². The smallest absolute Gasteiger partial charge is 0.268 e. The molecule has 2 aromatic rings. The first-order chi connectivity index (χ1) is 16.6. The van der Waals surface area contributed by atoms with Crippen molar-refractivity contribution in [3.8, 4) is 11.5 Å². The third-order valence-corrected chi connectivity index (χ3v) is 7.70. The Labute approximate surface area is 201 Å². The Bertz CT molecular complexity index is 1040. The van der Waals surface area contributed by atoms with Crippen LogP contribution in [0, 0.1) is 5.41 Å². The van der Waals surface area contributed by atoms with E-state index in [1.807, 2.05) is 29.2 Å². The minimum absolute atomic E-state index is 0.0358. The van der Waals surface area contributed by atoms with Crippen molar-refractivity contribution in [3.05, 3.63) is 53.6 Å². The zero-order valence-corrected chi connectivity index (χ0v) is 20.0. The van der Waals surface area contributed by atoms with Crippen LogP contribution in [0.15, 0.2) is 42.5 Å². The molecule has 1 atom stereocenters. The van der Waals surface area contributed by atoms with Crippen LogP contribution in [0.4, 0.5) is 5.69 Å². The van der Waals surface area contributed by atoms with E-state index in [4.69, 9.17) is 14.2 Å². The lowest BCUT2D eigenvalue weighted by Gasteiger charge is -2.55. The number of ether oxygens (including phenoxy) is 3. The van der Waals surface area contributed by atoms with Crippen LogP contribution in [0.1, 0.15) is 43.2 Å². The highest BCUT2D eigenvalue weighted by atomic mass is 16.5. The maximum absolute atomic E-state index is 13.1. The first-order valence-electron chi connectivity index (χ1n) is 12.8. The molecule has 0 aromatic heterocycles. The Balaban J connectivity index is 1.04. The normalized spacial score (nSPS) is 23.6. The van der Waals surface area contributed by atoms with E-state index in [0.717, 1.165) is 67.9 Å². The van der Waals surface area contributed by atoms with Crippen molar-refractivity contribution in [2.45, 2.75) is 44.6 Å². The minimum atomic E-state index is -0.423. The molecule has 2 aromatic carbocycles. The van der Waals surface area contributed by atoms with Gasteiger partial charge in [0.15, 0.2) is 6.10 Å². The van der Waals surface area contributed by atoms with E-state index < -0.39 is 6.10 Å². The minimum Gasteiger partial charge on any atom is -0.492 e. The maximum Gasteiger partial charge on any atom is 0.268 e. The Hall–Kier alpha value is -2.57. The topological polar surface area (TPSA) is 51.2 Å². The third kappa shape index (κ3) is 4.29. The molecule has 0 radical (unpaired) electrons. The molecule has 6 heteroatoms. The highest BCUT2D eigenvalue weighted by Crippen LogP contribution is 2.40. The molecule has 34 heavy (non-hydrogen) atoms. The molecule has 0 bridgehead atoms. The fraction of sp³-hybridized carbons (Fsp3) is 0.536. The molecule has 3 heterocycles. The molecule has 1 amide bonds. The fourth-order valence-electron chi connectivity index (χ4n) is 5.49. The van der Waals surface area contributed by atoms with E-state index in [9.17, 15) is 4.79 Å². The number of carbonyl (C=O) groups is 1. The number of carbonyl (C=O) groups excluding carboxylic acids is 1. The van der Waals surface area contributed by atoms with Gasteiger partial charge in [-0.1, -0.05) is 19.1 Å². The summed E-state index contributed by atoms with van der Waals surface area (Å²) in [6, 6.07) is 14.4. The van der Waals surface area contributed by atoms with Gasteiger partial charge < -0.3 is 19.1 Å². The second-order valence-electron chi connectivity index (χ2n) is 10.4. The van der Waals surface area contributed by atoms with Gasteiger partial charge in [0.25, 0.3) is 5.91 Å². The molecule has 6 rings (SSSR count). The molecular formula is C28H34N2O4. The average molecular weight is 463 g/mol. The lowest BCUT2D eigenvalue weighted by atomic mass is 9.78. The SMILES string of the molecule is CCc1cc(N2CC[C@H](Oc3ccc(C4CC4)cc3)C2=O)ccc1OCCN1CC2(COC2)C1. The monoisotopic (exact) mass is 462 g/mol. The molecule has 180 valence electrons. The van der Waals surface area contributed by atoms with Crippen LogP contribution in [-0.4, -0.2) is 62.9 Å². The van der Waals surface area contributed by atoms with Gasteiger partial charge in [-0.2, -0.15) is 0 Å². The van der Waals surface area contributed by atoms with Gasteiger partial charge in [-0.15, -0.1) is 0 Å². The summed E-state index contributed by atoms with van der Waals surface area (Å²) in [4.78, 5) is 17.4. The highest BCUT2D eigenvalue weighted by Gasteiger charge is 2.48. The summed E-state index contributed by atoms with van der Waals surface area (Å²) in [7, 11) is 0. The molecule has 0 N–H and O–H groups in total. The number of amides is 1. The average Bonchev–Trinajstić information content (AvgIpc) is 3.59. The lowest BCUT2D eigenvalue weighted by Crippen LogP contribution is -2.66. The highest BCUT2D eigenvalue weighted by molar-refractivity contribution is 5.99. The molecule has 4 aliphatic rings. The van der Waals surface area contributed by atoms with Gasteiger partial charge in [0, 0.05) is 43.7 Å². The Morgan fingerprint density at radius 2 is 1.85 bits per heavy atom. The first kappa shape index (κ1) is 21.9. The van der Waals surface area contributed by atoms with Crippen molar-refractivity contribution in [1.29, 1.82) is 0 Å². The molecule has 3 saturated heterocycles. The molecule has 0 unspecified atom stereocenters. The summed E-state index contributed by atoms with van der Waals surface area (Å²) in [5.41, 5.74) is 3.89. The van der Waals surface area contributed by atoms with Gasteiger partial charge in [0.05, 0.1) is 13.2 Å². The van der Waals surface area contributed by atoms with Crippen molar-refractivity contribution in [2.75, 3.05) is 50.9 Å². The summed E-state index contributed by atoms with van der Waals surface area (Å²) in [5, 5.41) is 0.